The molecule has 1 spiro atoms. The van der Waals surface area contributed by atoms with E-state index in [0.29, 0.717) is 32.1 Å². The summed E-state index contributed by atoms with van der Waals surface area (Å²) in [6.07, 6.45) is 5.31. The number of carbonyl (C=O) groups is 1. The number of carbonyl (C=O) groups excluding carboxylic acids is 1. The number of piperidine rings is 2. The zero-order chi connectivity index (χ0) is 17.7. The van der Waals surface area contributed by atoms with Crippen molar-refractivity contribution in [2.75, 3.05) is 19.6 Å². The first kappa shape index (κ1) is 17.3. The summed E-state index contributed by atoms with van der Waals surface area (Å²) in [5, 5.41) is 0.264. The van der Waals surface area contributed by atoms with E-state index in [4.69, 9.17) is 11.6 Å². The fraction of sp³-hybridized carbons (Fsp3) is 0.611. The van der Waals surface area contributed by atoms with Crippen LogP contribution in [0.1, 0.15) is 38.5 Å². The average molecular weight is 383 g/mol. The fourth-order valence-electron chi connectivity index (χ4n) is 4.26. The molecule has 4 rings (SSSR count). The van der Waals surface area contributed by atoms with Gasteiger partial charge < -0.3 is 4.90 Å². The third-order valence-corrected chi connectivity index (χ3v) is 8.11. The Labute approximate surface area is 154 Å². The molecule has 0 aromatic heterocycles. The molecule has 7 heteroatoms. The Balaban J connectivity index is 1.58. The zero-order valence-electron chi connectivity index (χ0n) is 14.2. The number of benzene rings is 1. The highest BCUT2D eigenvalue weighted by molar-refractivity contribution is 7.89. The third kappa shape index (κ3) is 3.20. The summed E-state index contributed by atoms with van der Waals surface area (Å²) < 4.78 is 27.8. The van der Waals surface area contributed by atoms with Crippen LogP contribution < -0.4 is 0 Å². The molecular formula is C18H23ClN2O3S. The minimum absolute atomic E-state index is 0.108. The Morgan fingerprint density at radius 1 is 1.12 bits per heavy atom. The van der Waals surface area contributed by atoms with Crippen molar-refractivity contribution >= 4 is 27.5 Å². The van der Waals surface area contributed by atoms with Gasteiger partial charge >= 0.3 is 0 Å². The van der Waals surface area contributed by atoms with Crippen LogP contribution in [0, 0.1) is 5.41 Å². The Morgan fingerprint density at radius 3 is 2.60 bits per heavy atom. The van der Waals surface area contributed by atoms with E-state index in [2.05, 4.69) is 0 Å². The smallest absolute Gasteiger partial charge is 0.244 e. The Kier molecular flexibility index (Phi) is 4.33. The molecule has 0 unspecified atom stereocenters. The molecule has 0 N–H and O–H groups in total. The lowest BCUT2D eigenvalue weighted by Gasteiger charge is -2.48. The number of halogens is 1. The maximum Gasteiger partial charge on any atom is 0.244 e. The SMILES string of the molecule is O=C1CC[C@@]2(CCCN(S(=O)(=O)c3ccccc3Cl)C2)CN1C1CC1. The molecule has 5 nitrogen and oxygen atoms in total. The molecule has 3 fully saturated rings. The summed E-state index contributed by atoms with van der Waals surface area (Å²) in [5.41, 5.74) is -0.108. The molecule has 1 aromatic carbocycles. The van der Waals surface area contributed by atoms with Crippen molar-refractivity contribution in [3.63, 3.8) is 0 Å². The van der Waals surface area contributed by atoms with Crippen molar-refractivity contribution in [3.8, 4) is 0 Å². The van der Waals surface area contributed by atoms with Crippen molar-refractivity contribution in [2.24, 2.45) is 5.41 Å². The van der Waals surface area contributed by atoms with E-state index in [0.717, 1.165) is 32.1 Å². The molecule has 0 radical (unpaired) electrons. The largest absolute Gasteiger partial charge is 0.339 e. The summed E-state index contributed by atoms with van der Waals surface area (Å²) in [6.45, 7) is 1.70. The predicted molar refractivity (Wildman–Crippen MR) is 95.8 cm³/mol. The standard InChI is InChI=1S/C18H23ClN2O3S/c19-15-4-1-2-5-16(15)25(23,24)20-11-3-9-18(12-20)10-8-17(22)21(13-18)14-6-7-14/h1-2,4-5,14H,3,6-13H2/t18-/m1/s1. The number of nitrogens with zero attached hydrogens (tertiary/aromatic N) is 2. The van der Waals surface area contributed by atoms with Crippen LogP contribution in [0.2, 0.25) is 5.02 Å². The van der Waals surface area contributed by atoms with Crippen LogP contribution in [0.15, 0.2) is 29.2 Å². The van der Waals surface area contributed by atoms with Crippen LogP contribution in [0.4, 0.5) is 0 Å². The minimum atomic E-state index is -3.61. The summed E-state index contributed by atoms with van der Waals surface area (Å²) in [6, 6.07) is 7.01. The first-order chi connectivity index (χ1) is 11.9. The molecule has 3 aliphatic rings. The lowest BCUT2D eigenvalue weighted by atomic mass is 9.74. The molecule has 1 aromatic rings. The fourth-order valence-corrected chi connectivity index (χ4v) is 6.34. The lowest BCUT2D eigenvalue weighted by molar-refractivity contribution is -0.139. The zero-order valence-corrected chi connectivity index (χ0v) is 15.7. The van der Waals surface area contributed by atoms with E-state index in [-0.39, 0.29) is 21.2 Å². The molecule has 1 atom stereocenters. The quantitative estimate of drug-likeness (QED) is 0.807. The van der Waals surface area contributed by atoms with Gasteiger partial charge in [-0.2, -0.15) is 4.31 Å². The number of hydrogen-bond acceptors (Lipinski definition) is 3. The van der Waals surface area contributed by atoms with Gasteiger partial charge in [0, 0.05) is 37.5 Å². The monoisotopic (exact) mass is 382 g/mol. The molecule has 2 saturated heterocycles. The van der Waals surface area contributed by atoms with Crippen LogP contribution in [0.5, 0.6) is 0 Å². The number of rotatable bonds is 3. The number of sulfonamides is 1. The topological polar surface area (TPSA) is 57.7 Å². The van der Waals surface area contributed by atoms with Crippen LogP contribution in [0.3, 0.4) is 0 Å². The van der Waals surface area contributed by atoms with E-state index in [1.54, 1.807) is 28.6 Å². The van der Waals surface area contributed by atoms with Crippen LogP contribution in [-0.4, -0.2) is 49.2 Å². The normalized spacial score (nSPS) is 28.5. The van der Waals surface area contributed by atoms with Crippen molar-refractivity contribution in [1.82, 2.24) is 9.21 Å². The molecule has 1 amide bonds. The molecule has 136 valence electrons. The number of amides is 1. The Hall–Kier alpha value is -1.11. The van der Waals surface area contributed by atoms with Crippen molar-refractivity contribution in [2.45, 2.75) is 49.5 Å². The van der Waals surface area contributed by atoms with Gasteiger partial charge in [0.05, 0.1) is 5.02 Å². The van der Waals surface area contributed by atoms with E-state index >= 15 is 0 Å². The highest BCUT2D eigenvalue weighted by atomic mass is 35.5. The van der Waals surface area contributed by atoms with E-state index in [9.17, 15) is 13.2 Å². The van der Waals surface area contributed by atoms with Gasteiger partial charge in [-0.05, 0) is 44.2 Å². The van der Waals surface area contributed by atoms with E-state index in [1.165, 1.54) is 0 Å². The van der Waals surface area contributed by atoms with E-state index < -0.39 is 10.0 Å². The molecule has 2 heterocycles. The van der Waals surface area contributed by atoms with Gasteiger partial charge in [-0.1, -0.05) is 23.7 Å². The highest BCUT2D eigenvalue weighted by Gasteiger charge is 2.47. The van der Waals surface area contributed by atoms with Gasteiger partial charge in [-0.25, -0.2) is 8.42 Å². The molecule has 0 bridgehead atoms. The number of likely N-dealkylation sites (tertiary alicyclic amines) is 1. The molecule has 1 aliphatic carbocycles. The number of hydrogen-bond donors (Lipinski definition) is 0. The molecule has 1 saturated carbocycles. The molecule has 2 aliphatic heterocycles. The maximum atomic E-state index is 13.1. The average Bonchev–Trinajstić information content (AvgIpc) is 3.43. The third-order valence-electron chi connectivity index (χ3n) is 5.76. The summed E-state index contributed by atoms with van der Waals surface area (Å²) in [7, 11) is -3.61. The van der Waals surface area contributed by atoms with E-state index in [1.807, 2.05) is 4.90 Å². The maximum absolute atomic E-state index is 13.1. The molecular weight excluding hydrogens is 360 g/mol. The minimum Gasteiger partial charge on any atom is -0.339 e. The second kappa shape index (κ2) is 6.25. The lowest BCUT2D eigenvalue weighted by Crippen LogP contribution is -2.55. The highest BCUT2D eigenvalue weighted by Crippen LogP contribution is 2.43. The van der Waals surface area contributed by atoms with Crippen LogP contribution in [-0.2, 0) is 14.8 Å². The first-order valence-corrected chi connectivity index (χ1v) is 10.8. The summed E-state index contributed by atoms with van der Waals surface area (Å²) >= 11 is 6.14. The summed E-state index contributed by atoms with van der Waals surface area (Å²) in [5.74, 6) is 0.235. The van der Waals surface area contributed by atoms with Crippen LogP contribution in [0.25, 0.3) is 0 Å². The van der Waals surface area contributed by atoms with Gasteiger partial charge in [0.25, 0.3) is 0 Å². The van der Waals surface area contributed by atoms with Crippen molar-refractivity contribution in [3.05, 3.63) is 29.3 Å². The molecule has 25 heavy (non-hydrogen) atoms. The van der Waals surface area contributed by atoms with Gasteiger partial charge in [0.2, 0.25) is 15.9 Å². The Morgan fingerprint density at radius 2 is 1.88 bits per heavy atom. The Bertz CT molecular complexity index is 793. The van der Waals surface area contributed by atoms with Crippen molar-refractivity contribution in [1.29, 1.82) is 0 Å². The second-order valence-electron chi connectivity index (χ2n) is 7.63. The second-order valence-corrected chi connectivity index (χ2v) is 9.94. The predicted octanol–water partition coefficient (Wildman–Crippen LogP) is 2.90. The van der Waals surface area contributed by atoms with Gasteiger partial charge in [0.15, 0.2) is 0 Å². The van der Waals surface area contributed by atoms with Gasteiger partial charge in [-0.3, -0.25) is 4.79 Å². The van der Waals surface area contributed by atoms with Gasteiger partial charge in [-0.15, -0.1) is 0 Å². The van der Waals surface area contributed by atoms with Crippen molar-refractivity contribution < 1.29 is 13.2 Å². The van der Waals surface area contributed by atoms with Gasteiger partial charge in [0.1, 0.15) is 4.90 Å². The van der Waals surface area contributed by atoms with Crippen LogP contribution >= 0.6 is 11.6 Å². The summed E-state index contributed by atoms with van der Waals surface area (Å²) in [4.78, 5) is 14.4. The first-order valence-electron chi connectivity index (χ1n) is 8.96.